The van der Waals surface area contributed by atoms with Crippen molar-refractivity contribution < 1.29 is 14.8 Å². The molecule has 0 spiro atoms. The number of anilines is 2. The molecule has 2 aromatic rings. The number of rotatable bonds is 4. The van der Waals surface area contributed by atoms with Crippen molar-refractivity contribution in [2.45, 2.75) is 0 Å². The molecule has 0 fully saturated rings. The molecule has 8 heteroatoms. The normalized spacial score (nSPS) is 10.2. The molecule has 6 nitrogen and oxygen atoms in total. The highest BCUT2D eigenvalue weighted by Gasteiger charge is 2.20. The molecule has 0 bridgehead atoms. The van der Waals surface area contributed by atoms with Crippen molar-refractivity contribution in [1.29, 1.82) is 0 Å². The van der Waals surface area contributed by atoms with Crippen molar-refractivity contribution in [2.24, 2.45) is 0 Å². The molecule has 0 amide bonds. The largest absolute Gasteiger partial charge is 0.477 e. The SMILES string of the molecule is O=C(O)c1ccc(Nc2ccc(Cl)c(Br)c2)cc1[N+](=O)[O-]. The van der Waals surface area contributed by atoms with Gasteiger partial charge < -0.3 is 10.4 Å². The quantitative estimate of drug-likeness (QED) is 0.612. The molecule has 0 atom stereocenters. The number of aromatic carboxylic acids is 1. The smallest absolute Gasteiger partial charge is 0.342 e. The van der Waals surface area contributed by atoms with Gasteiger partial charge in [-0.05, 0) is 46.3 Å². The fourth-order valence-electron chi connectivity index (χ4n) is 1.68. The van der Waals surface area contributed by atoms with E-state index >= 15 is 0 Å². The number of hydrogen-bond acceptors (Lipinski definition) is 4. The van der Waals surface area contributed by atoms with Crippen molar-refractivity contribution in [1.82, 2.24) is 0 Å². The van der Waals surface area contributed by atoms with Crippen LogP contribution >= 0.6 is 27.5 Å². The highest BCUT2D eigenvalue weighted by Crippen LogP contribution is 2.29. The maximum atomic E-state index is 10.9. The van der Waals surface area contributed by atoms with Gasteiger partial charge in [0.1, 0.15) is 5.56 Å². The van der Waals surface area contributed by atoms with E-state index in [-0.39, 0.29) is 5.56 Å². The van der Waals surface area contributed by atoms with E-state index in [0.717, 1.165) is 0 Å². The average molecular weight is 372 g/mol. The Labute approximate surface area is 132 Å². The molecule has 21 heavy (non-hydrogen) atoms. The Kier molecular flexibility index (Phi) is 4.44. The zero-order chi connectivity index (χ0) is 15.6. The fourth-order valence-corrected chi connectivity index (χ4v) is 2.18. The number of carboxylic acid groups (broad SMARTS) is 1. The van der Waals surface area contributed by atoms with Crippen LogP contribution in [0.4, 0.5) is 17.1 Å². The lowest BCUT2D eigenvalue weighted by Gasteiger charge is -2.08. The van der Waals surface area contributed by atoms with Crippen molar-refractivity contribution in [2.75, 3.05) is 5.32 Å². The van der Waals surface area contributed by atoms with Gasteiger partial charge in [-0.1, -0.05) is 11.6 Å². The second kappa shape index (κ2) is 6.11. The maximum Gasteiger partial charge on any atom is 0.342 e. The van der Waals surface area contributed by atoms with Gasteiger partial charge in [-0.3, -0.25) is 10.1 Å². The lowest BCUT2D eigenvalue weighted by molar-refractivity contribution is -0.385. The van der Waals surface area contributed by atoms with E-state index in [2.05, 4.69) is 21.2 Å². The van der Waals surface area contributed by atoms with Crippen LogP contribution < -0.4 is 5.32 Å². The minimum atomic E-state index is -1.34. The Morgan fingerprint density at radius 1 is 1.24 bits per heavy atom. The number of benzene rings is 2. The van der Waals surface area contributed by atoms with E-state index < -0.39 is 16.6 Å². The molecule has 0 aliphatic rings. The molecule has 0 aromatic heterocycles. The van der Waals surface area contributed by atoms with E-state index in [9.17, 15) is 14.9 Å². The zero-order valence-electron chi connectivity index (χ0n) is 10.3. The average Bonchev–Trinajstić information content (AvgIpc) is 2.42. The van der Waals surface area contributed by atoms with Gasteiger partial charge in [0.25, 0.3) is 5.69 Å². The van der Waals surface area contributed by atoms with Crippen LogP contribution in [-0.2, 0) is 0 Å². The summed E-state index contributed by atoms with van der Waals surface area (Å²) in [5.74, 6) is -1.34. The molecule has 2 N–H and O–H groups in total. The van der Waals surface area contributed by atoms with Gasteiger partial charge in [0.05, 0.1) is 9.95 Å². The first-order valence-corrected chi connectivity index (χ1v) is 6.79. The third-order valence-corrected chi connectivity index (χ3v) is 3.85. The summed E-state index contributed by atoms with van der Waals surface area (Å²) in [5.41, 5.74) is 0.230. The summed E-state index contributed by atoms with van der Waals surface area (Å²) in [6.45, 7) is 0. The molecule has 0 radical (unpaired) electrons. The second-order valence-corrected chi connectivity index (χ2v) is 5.31. The molecule has 0 saturated heterocycles. The van der Waals surface area contributed by atoms with Crippen molar-refractivity contribution >= 4 is 50.6 Å². The van der Waals surface area contributed by atoms with Gasteiger partial charge in [-0.25, -0.2) is 4.79 Å². The third kappa shape index (κ3) is 3.50. The summed E-state index contributed by atoms with van der Waals surface area (Å²) >= 11 is 9.15. The lowest BCUT2D eigenvalue weighted by Crippen LogP contribution is -2.03. The Bertz CT molecular complexity index is 736. The standard InChI is InChI=1S/C13H8BrClN2O4/c14-10-5-7(2-4-11(10)15)16-8-1-3-9(13(18)19)12(6-8)17(20)21/h1-6,16H,(H,18,19). The first-order valence-electron chi connectivity index (χ1n) is 5.62. The van der Waals surface area contributed by atoms with Gasteiger partial charge in [0.15, 0.2) is 0 Å². The molecule has 2 aromatic carbocycles. The summed E-state index contributed by atoms with van der Waals surface area (Å²) in [5, 5.41) is 23.3. The van der Waals surface area contributed by atoms with Crippen molar-refractivity contribution in [3.8, 4) is 0 Å². The van der Waals surface area contributed by atoms with Gasteiger partial charge in [-0.15, -0.1) is 0 Å². The molecular formula is C13H8BrClN2O4. The molecule has 0 unspecified atom stereocenters. The van der Waals surface area contributed by atoms with Gasteiger partial charge in [-0.2, -0.15) is 0 Å². The monoisotopic (exact) mass is 370 g/mol. The molecule has 2 rings (SSSR count). The molecule has 0 aliphatic heterocycles. The Morgan fingerprint density at radius 3 is 2.43 bits per heavy atom. The molecular weight excluding hydrogens is 364 g/mol. The minimum Gasteiger partial charge on any atom is -0.477 e. The van der Waals surface area contributed by atoms with Crippen LogP contribution in [0.25, 0.3) is 0 Å². The van der Waals surface area contributed by atoms with Crippen LogP contribution in [0.3, 0.4) is 0 Å². The van der Waals surface area contributed by atoms with E-state index in [0.29, 0.717) is 20.9 Å². The van der Waals surface area contributed by atoms with Crippen LogP contribution in [0.1, 0.15) is 10.4 Å². The summed E-state index contributed by atoms with van der Waals surface area (Å²) < 4.78 is 0.672. The molecule has 108 valence electrons. The second-order valence-electron chi connectivity index (χ2n) is 4.05. The number of nitro groups is 1. The van der Waals surface area contributed by atoms with E-state index in [1.807, 2.05) is 0 Å². The highest BCUT2D eigenvalue weighted by atomic mass is 79.9. The minimum absolute atomic E-state index is 0.358. The number of carbonyl (C=O) groups is 1. The summed E-state index contributed by atoms with van der Waals surface area (Å²) in [6.07, 6.45) is 0. The predicted molar refractivity (Wildman–Crippen MR) is 82.5 cm³/mol. The fraction of sp³-hybridized carbons (Fsp3) is 0. The number of hydrogen-bond donors (Lipinski definition) is 2. The number of carboxylic acids is 1. The van der Waals surface area contributed by atoms with Crippen LogP contribution in [0, 0.1) is 10.1 Å². The zero-order valence-corrected chi connectivity index (χ0v) is 12.7. The number of nitrogens with one attached hydrogen (secondary N) is 1. The van der Waals surface area contributed by atoms with Crippen LogP contribution in [0.2, 0.25) is 5.02 Å². The third-order valence-electron chi connectivity index (χ3n) is 2.63. The van der Waals surface area contributed by atoms with E-state index in [4.69, 9.17) is 16.7 Å². The first-order chi connectivity index (χ1) is 9.88. The Balaban J connectivity index is 2.36. The summed E-state index contributed by atoms with van der Waals surface area (Å²) in [4.78, 5) is 21.1. The number of halogens is 2. The van der Waals surface area contributed by atoms with E-state index in [1.165, 1.54) is 18.2 Å². The summed E-state index contributed by atoms with van der Waals surface area (Å²) in [6, 6.07) is 8.88. The lowest BCUT2D eigenvalue weighted by atomic mass is 10.1. The first kappa shape index (κ1) is 15.3. The highest BCUT2D eigenvalue weighted by molar-refractivity contribution is 9.10. The summed E-state index contributed by atoms with van der Waals surface area (Å²) in [7, 11) is 0. The Hall–Kier alpha value is -2.12. The van der Waals surface area contributed by atoms with Gasteiger partial charge in [0.2, 0.25) is 0 Å². The van der Waals surface area contributed by atoms with Crippen molar-refractivity contribution in [3.63, 3.8) is 0 Å². The topological polar surface area (TPSA) is 92.5 Å². The molecule has 0 aliphatic carbocycles. The maximum absolute atomic E-state index is 10.9. The molecule has 0 heterocycles. The number of nitro benzene ring substituents is 1. The van der Waals surface area contributed by atoms with Gasteiger partial charge in [0, 0.05) is 21.9 Å². The van der Waals surface area contributed by atoms with Crippen LogP contribution in [0.5, 0.6) is 0 Å². The van der Waals surface area contributed by atoms with Crippen LogP contribution in [0.15, 0.2) is 40.9 Å². The molecule has 0 saturated carbocycles. The Morgan fingerprint density at radius 2 is 1.86 bits per heavy atom. The van der Waals surface area contributed by atoms with E-state index in [1.54, 1.807) is 18.2 Å². The van der Waals surface area contributed by atoms with Crippen LogP contribution in [-0.4, -0.2) is 16.0 Å². The van der Waals surface area contributed by atoms with Crippen molar-refractivity contribution in [3.05, 3.63) is 61.6 Å². The van der Waals surface area contributed by atoms with Gasteiger partial charge >= 0.3 is 5.97 Å². The predicted octanol–water partition coefficient (Wildman–Crippen LogP) is 4.45. The number of nitrogens with zero attached hydrogens (tertiary/aromatic N) is 1.